The van der Waals surface area contributed by atoms with Crippen LogP contribution >= 0.6 is 0 Å². The third-order valence-electron chi connectivity index (χ3n) is 3.29. The van der Waals surface area contributed by atoms with E-state index in [0.29, 0.717) is 23.9 Å². The molecule has 20 heavy (non-hydrogen) atoms. The van der Waals surface area contributed by atoms with Crippen LogP contribution in [0.25, 0.3) is 0 Å². The number of ether oxygens (including phenoxy) is 2. The van der Waals surface area contributed by atoms with Crippen LogP contribution in [0.15, 0.2) is 24.5 Å². The van der Waals surface area contributed by atoms with Crippen LogP contribution in [0.3, 0.4) is 0 Å². The molecule has 104 valence electrons. The van der Waals surface area contributed by atoms with E-state index in [1.165, 1.54) is 6.33 Å². The van der Waals surface area contributed by atoms with Gasteiger partial charge in [-0.2, -0.15) is 10.1 Å². The Labute approximate surface area is 115 Å². The number of amides is 1. The standard InChI is InChI=1S/C13H14N4O3/c1-19-10-4-3-8(5-11(10)20-2)9-6-12(18)16-13-14-7-15-17(9)13/h3-5,7,9H,6H2,1-2H3,(H,14,15,16,18). The molecule has 1 amide bonds. The molecule has 2 heterocycles. The predicted molar refractivity (Wildman–Crippen MR) is 71.0 cm³/mol. The Hall–Kier alpha value is -2.57. The molecule has 0 bridgehead atoms. The van der Waals surface area contributed by atoms with E-state index in [4.69, 9.17) is 9.47 Å². The summed E-state index contributed by atoms with van der Waals surface area (Å²) in [6, 6.07) is 5.38. The zero-order chi connectivity index (χ0) is 14.1. The number of aromatic nitrogens is 3. The molecular weight excluding hydrogens is 260 g/mol. The van der Waals surface area contributed by atoms with Crippen molar-refractivity contribution >= 4 is 11.9 Å². The first-order chi connectivity index (χ1) is 9.72. The van der Waals surface area contributed by atoms with Gasteiger partial charge < -0.3 is 9.47 Å². The molecule has 0 radical (unpaired) electrons. The summed E-state index contributed by atoms with van der Waals surface area (Å²) in [5.41, 5.74) is 0.921. The number of nitrogens with zero attached hydrogens (tertiary/aromatic N) is 3. The highest BCUT2D eigenvalue weighted by atomic mass is 16.5. The van der Waals surface area contributed by atoms with Crippen LogP contribution in [0.1, 0.15) is 18.0 Å². The van der Waals surface area contributed by atoms with Crippen LogP contribution in [0, 0.1) is 0 Å². The molecule has 1 aromatic carbocycles. The molecule has 0 saturated carbocycles. The highest BCUT2D eigenvalue weighted by Crippen LogP contribution is 2.34. The van der Waals surface area contributed by atoms with E-state index < -0.39 is 0 Å². The number of carbonyl (C=O) groups excluding carboxylic acids is 1. The molecule has 1 N–H and O–H groups in total. The highest BCUT2D eigenvalue weighted by molar-refractivity contribution is 5.91. The van der Waals surface area contributed by atoms with Crippen molar-refractivity contribution in [3.8, 4) is 11.5 Å². The number of hydrogen-bond acceptors (Lipinski definition) is 5. The first-order valence-electron chi connectivity index (χ1n) is 6.14. The third-order valence-corrected chi connectivity index (χ3v) is 3.29. The van der Waals surface area contributed by atoms with Crippen molar-refractivity contribution < 1.29 is 14.3 Å². The van der Waals surface area contributed by atoms with E-state index in [1.807, 2.05) is 18.2 Å². The minimum absolute atomic E-state index is 0.0784. The van der Waals surface area contributed by atoms with E-state index in [9.17, 15) is 4.79 Å². The Morgan fingerprint density at radius 3 is 2.85 bits per heavy atom. The Bertz CT molecular complexity index is 653. The number of nitrogens with one attached hydrogen (secondary N) is 1. The number of hydrogen-bond donors (Lipinski definition) is 1. The first-order valence-corrected chi connectivity index (χ1v) is 6.14. The van der Waals surface area contributed by atoms with Gasteiger partial charge >= 0.3 is 0 Å². The second kappa shape index (κ2) is 4.84. The van der Waals surface area contributed by atoms with Crippen molar-refractivity contribution in [2.24, 2.45) is 0 Å². The molecule has 0 fully saturated rings. The predicted octanol–water partition coefficient (Wildman–Crippen LogP) is 1.23. The van der Waals surface area contributed by atoms with Crippen LogP contribution in [0.2, 0.25) is 0 Å². The van der Waals surface area contributed by atoms with Gasteiger partial charge in [-0.15, -0.1) is 0 Å². The van der Waals surface area contributed by atoms with Gasteiger partial charge in [-0.25, -0.2) is 4.68 Å². The largest absolute Gasteiger partial charge is 0.493 e. The Morgan fingerprint density at radius 1 is 1.30 bits per heavy atom. The first kappa shape index (κ1) is 12.5. The Kier molecular flexibility index (Phi) is 3.02. The summed E-state index contributed by atoms with van der Waals surface area (Å²) in [4.78, 5) is 15.8. The fourth-order valence-corrected chi connectivity index (χ4v) is 2.32. The van der Waals surface area contributed by atoms with Crippen LogP contribution in [-0.2, 0) is 4.79 Å². The van der Waals surface area contributed by atoms with Crippen molar-refractivity contribution in [3.63, 3.8) is 0 Å². The van der Waals surface area contributed by atoms with Crippen LogP contribution in [-0.4, -0.2) is 34.9 Å². The fourth-order valence-electron chi connectivity index (χ4n) is 2.32. The number of methoxy groups -OCH3 is 2. The Balaban J connectivity index is 2.04. The van der Waals surface area contributed by atoms with Crippen molar-refractivity contribution in [1.29, 1.82) is 0 Å². The summed E-state index contributed by atoms with van der Waals surface area (Å²) in [5.74, 6) is 1.65. The molecule has 1 aliphatic heterocycles. The van der Waals surface area contributed by atoms with E-state index in [-0.39, 0.29) is 11.9 Å². The van der Waals surface area contributed by atoms with Gasteiger partial charge in [-0.1, -0.05) is 6.07 Å². The van der Waals surface area contributed by atoms with Crippen LogP contribution < -0.4 is 14.8 Å². The summed E-state index contributed by atoms with van der Waals surface area (Å²) in [7, 11) is 3.16. The monoisotopic (exact) mass is 274 g/mol. The quantitative estimate of drug-likeness (QED) is 0.910. The molecule has 0 spiro atoms. The van der Waals surface area contributed by atoms with Crippen molar-refractivity contribution in [1.82, 2.24) is 14.8 Å². The van der Waals surface area contributed by atoms with Crippen molar-refractivity contribution in [2.75, 3.05) is 19.5 Å². The Morgan fingerprint density at radius 2 is 2.10 bits per heavy atom. The lowest BCUT2D eigenvalue weighted by atomic mass is 10.0. The summed E-state index contributed by atoms with van der Waals surface area (Å²) in [6.07, 6.45) is 1.74. The van der Waals surface area contributed by atoms with Gasteiger partial charge in [0, 0.05) is 0 Å². The lowest BCUT2D eigenvalue weighted by molar-refractivity contribution is -0.117. The van der Waals surface area contributed by atoms with Gasteiger partial charge in [0.2, 0.25) is 11.9 Å². The maximum Gasteiger partial charge on any atom is 0.229 e. The summed E-state index contributed by atoms with van der Waals surface area (Å²) in [5, 5.41) is 6.85. The second-order valence-corrected chi connectivity index (χ2v) is 4.41. The molecular formula is C13H14N4O3. The second-order valence-electron chi connectivity index (χ2n) is 4.41. The zero-order valence-corrected chi connectivity index (χ0v) is 11.2. The number of fused-ring (bicyclic) bond motifs is 1. The van der Waals surface area contributed by atoms with Gasteiger partial charge in [-0.3, -0.25) is 10.1 Å². The van der Waals surface area contributed by atoms with Crippen LogP contribution in [0.4, 0.5) is 5.95 Å². The van der Waals surface area contributed by atoms with Crippen molar-refractivity contribution in [3.05, 3.63) is 30.1 Å². The molecule has 0 saturated heterocycles. The maximum atomic E-state index is 11.7. The number of rotatable bonds is 3. The van der Waals surface area contributed by atoms with Gasteiger partial charge in [-0.05, 0) is 17.7 Å². The smallest absolute Gasteiger partial charge is 0.229 e. The zero-order valence-electron chi connectivity index (χ0n) is 11.2. The van der Waals surface area contributed by atoms with E-state index in [2.05, 4.69) is 15.4 Å². The summed E-state index contributed by atoms with van der Waals surface area (Å²) >= 11 is 0. The minimum atomic E-state index is -0.193. The van der Waals surface area contributed by atoms with E-state index in [1.54, 1.807) is 18.9 Å². The molecule has 1 aromatic heterocycles. The van der Waals surface area contributed by atoms with Gasteiger partial charge in [0.15, 0.2) is 11.5 Å². The molecule has 3 rings (SSSR count). The molecule has 1 unspecified atom stereocenters. The molecule has 7 heteroatoms. The normalized spacial score (nSPS) is 17.3. The van der Waals surface area contributed by atoms with E-state index >= 15 is 0 Å². The van der Waals surface area contributed by atoms with E-state index in [0.717, 1.165) is 5.56 Å². The highest BCUT2D eigenvalue weighted by Gasteiger charge is 2.28. The minimum Gasteiger partial charge on any atom is -0.493 e. The van der Waals surface area contributed by atoms with Gasteiger partial charge in [0.05, 0.1) is 26.7 Å². The number of anilines is 1. The number of benzene rings is 1. The van der Waals surface area contributed by atoms with Gasteiger partial charge in [0.25, 0.3) is 0 Å². The molecule has 7 nitrogen and oxygen atoms in total. The van der Waals surface area contributed by atoms with Gasteiger partial charge in [0.1, 0.15) is 6.33 Å². The average Bonchev–Trinajstić information content (AvgIpc) is 2.93. The third kappa shape index (κ3) is 1.97. The maximum absolute atomic E-state index is 11.7. The average molecular weight is 274 g/mol. The fraction of sp³-hybridized carbons (Fsp3) is 0.308. The van der Waals surface area contributed by atoms with Crippen molar-refractivity contribution in [2.45, 2.75) is 12.5 Å². The van der Waals surface area contributed by atoms with Crippen LogP contribution in [0.5, 0.6) is 11.5 Å². The lowest BCUT2D eigenvalue weighted by Crippen LogP contribution is -2.29. The lowest BCUT2D eigenvalue weighted by Gasteiger charge is -2.24. The molecule has 1 atom stereocenters. The molecule has 1 aliphatic rings. The topological polar surface area (TPSA) is 78.3 Å². The number of carbonyl (C=O) groups is 1. The summed E-state index contributed by atoms with van der Waals surface area (Å²) < 4.78 is 12.2. The SMILES string of the molecule is COc1ccc(C2CC(=O)Nc3ncnn32)cc1OC. The summed E-state index contributed by atoms with van der Waals surface area (Å²) in [6.45, 7) is 0. The molecule has 0 aliphatic carbocycles. The molecule has 2 aromatic rings.